The van der Waals surface area contributed by atoms with Gasteiger partial charge in [0.15, 0.2) is 5.82 Å². The smallest absolute Gasteiger partial charge is 0.173 e. The van der Waals surface area contributed by atoms with Crippen molar-refractivity contribution in [3.8, 4) is 0 Å². The maximum atomic E-state index is 4.26. The Morgan fingerprint density at radius 2 is 2.05 bits per heavy atom. The van der Waals surface area contributed by atoms with Crippen LogP contribution in [0.15, 0.2) is 46.3 Å². The summed E-state index contributed by atoms with van der Waals surface area (Å²) in [5.41, 5.74) is 1.30. The van der Waals surface area contributed by atoms with E-state index in [1.165, 1.54) is 10.4 Å². The van der Waals surface area contributed by atoms with E-state index >= 15 is 0 Å². The molecule has 0 saturated carbocycles. The van der Waals surface area contributed by atoms with E-state index in [0.717, 1.165) is 29.9 Å². The number of thiophene rings is 1. The molecule has 2 aromatic heterocycles. The van der Waals surface area contributed by atoms with Gasteiger partial charge in [0.05, 0.1) is 6.54 Å². The van der Waals surface area contributed by atoms with Crippen LogP contribution in [0.3, 0.4) is 0 Å². The molecule has 1 unspecified atom stereocenters. The lowest BCUT2D eigenvalue weighted by Crippen LogP contribution is -2.38. The minimum Gasteiger partial charge on any atom is -0.283 e. The van der Waals surface area contributed by atoms with E-state index < -0.39 is 0 Å². The van der Waals surface area contributed by atoms with Gasteiger partial charge in [-0.1, -0.05) is 34.1 Å². The van der Waals surface area contributed by atoms with E-state index in [2.05, 4.69) is 78.1 Å². The molecule has 5 nitrogen and oxygen atoms in total. The number of benzene rings is 1. The summed E-state index contributed by atoms with van der Waals surface area (Å²) in [5.74, 6) is 0.936. The molecule has 1 aliphatic heterocycles. The first-order chi connectivity index (χ1) is 10.8. The minimum atomic E-state index is 0.132. The quantitative estimate of drug-likeness (QED) is 0.705. The Bertz CT molecular complexity index is 753. The van der Waals surface area contributed by atoms with Crippen molar-refractivity contribution in [1.82, 2.24) is 25.1 Å². The second kappa shape index (κ2) is 5.91. The highest BCUT2D eigenvalue weighted by molar-refractivity contribution is 9.10. The molecule has 0 spiro atoms. The van der Waals surface area contributed by atoms with Crippen LogP contribution in [0.5, 0.6) is 0 Å². The first kappa shape index (κ1) is 14.0. The molecule has 0 saturated heterocycles. The van der Waals surface area contributed by atoms with Crippen LogP contribution in [0, 0.1) is 0 Å². The number of aromatic nitrogens is 4. The van der Waals surface area contributed by atoms with Crippen LogP contribution in [0.2, 0.25) is 0 Å². The van der Waals surface area contributed by atoms with Crippen molar-refractivity contribution < 1.29 is 0 Å². The molecule has 1 aromatic carbocycles. The topological polar surface area (TPSA) is 46.8 Å². The van der Waals surface area contributed by atoms with E-state index in [9.17, 15) is 0 Å². The molecule has 4 rings (SSSR count). The molecule has 3 heterocycles. The number of nitrogens with zero attached hydrogens (tertiary/aromatic N) is 5. The van der Waals surface area contributed by atoms with Crippen LogP contribution in [-0.4, -0.2) is 31.7 Å². The zero-order chi connectivity index (χ0) is 14.9. The number of tetrazole rings is 1. The lowest BCUT2D eigenvalue weighted by molar-refractivity contribution is 0.166. The average molecular weight is 376 g/mol. The van der Waals surface area contributed by atoms with Crippen LogP contribution in [0.1, 0.15) is 22.3 Å². The highest BCUT2D eigenvalue weighted by atomic mass is 79.9. The Labute approximate surface area is 140 Å². The number of fused-ring (bicyclic) bond motifs is 1. The van der Waals surface area contributed by atoms with Crippen molar-refractivity contribution in [3.63, 3.8) is 0 Å². The van der Waals surface area contributed by atoms with E-state index in [1.54, 1.807) is 11.3 Å². The predicted octanol–water partition coefficient (Wildman–Crippen LogP) is 3.10. The summed E-state index contributed by atoms with van der Waals surface area (Å²) in [6.45, 7) is 2.67. The zero-order valence-corrected chi connectivity index (χ0v) is 14.2. The highest BCUT2D eigenvalue weighted by Gasteiger charge is 2.32. The van der Waals surface area contributed by atoms with Crippen LogP contribution in [0.25, 0.3) is 0 Å². The van der Waals surface area contributed by atoms with Crippen molar-refractivity contribution in [1.29, 1.82) is 0 Å². The summed E-state index contributed by atoms with van der Waals surface area (Å²) >= 11 is 5.24. The largest absolute Gasteiger partial charge is 0.283 e. The van der Waals surface area contributed by atoms with Gasteiger partial charge in [-0.15, -0.1) is 16.4 Å². The third kappa shape index (κ3) is 2.60. The molecule has 0 bridgehead atoms. The number of hydrogen-bond acceptors (Lipinski definition) is 5. The Hall–Kier alpha value is -1.57. The molecular weight excluding hydrogens is 362 g/mol. The van der Waals surface area contributed by atoms with Crippen molar-refractivity contribution in [2.75, 3.05) is 6.54 Å². The van der Waals surface area contributed by atoms with Crippen molar-refractivity contribution >= 4 is 27.3 Å². The standard InChI is InChI=1S/C15H14BrN5S/c16-12-5-3-11(4-6-12)10-20-7-8-21-15(17-18-19-21)14(20)13-2-1-9-22-13/h1-6,9,14H,7-8,10H2. The third-order valence-electron chi connectivity index (χ3n) is 3.88. The van der Waals surface area contributed by atoms with Crippen LogP contribution in [0.4, 0.5) is 0 Å². The lowest BCUT2D eigenvalue weighted by atomic mass is 10.1. The first-order valence-corrected chi connectivity index (χ1v) is 8.76. The second-order valence-electron chi connectivity index (χ2n) is 5.28. The molecule has 0 N–H and O–H groups in total. The molecule has 1 aliphatic rings. The monoisotopic (exact) mass is 375 g/mol. The fraction of sp³-hybridized carbons (Fsp3) is 0.267. The van der Waals surface area contributed by atoms with Crippen molar-refractivity contribution in [2.45, 2.75) is 19.1 Å². The second-order valence-corrected chi connectivity index (χ2v) is 7.17. The normalized spacial score (nSPS) is 18.3. The maximum absolute atomic E-state index is 4.26. The molecule has 1 atom stereocenters. The lowest BCUT2D eigenvalue weighted by Gasteiger charge is -2.34. The van der Waals surface area contributed by atoms with Gasteiger partial charge in [0, 0.05) is 22.4 Å². The zero-order valence-electron chi connectivity index (χ0n) is 11.8. The van der Waals surface area contributed by atoms with Gasteiger partial charge in [-0.2, -0.15) is 0 Å². The van der Waals surface area contributed by atoms with Gasteiger partial charge in [-0.05, 0) is 39.6 Å². The maximum Gasteiger partial charge on any atom is 0.173 e. The van der Waals surface area contributed by atoms with Crippen LogP contribution < -0.4 is 0 Å². The number of hydrogen-bond donors (Lipinski definition) is 0. The summed E-state index contributed by atoms with van der Waals surface area (Å²) in [7, 11) is 0. The van der Waals surface area contributed by atoms with E-state index in [1.807, 2.05) is 4.68 Å². The average Bonchev–Trinajstić information content (AvgIpc) is 3.20. The Balaban J connectivity index is 1.67. The fourth-order valence-electron chi connectivity index (χ4n) is 2.83. The summed E-state index contributed by atoms with van der Waals surface area (Å²) in [5, 5.41) is 14.3. The van der Waals surface area contributed by atoms with Gasteiger partial charge >= 0.3 is 0 Å². The van der Waals surface area contributed by atoms with Gasteiger partial charge in [-0.25, -0.2) is 4.68 Å². The molecular formula is C15H14BrN5S. The molecule has 22 heavy (non-hydrogen) atoms. The summed E-state index contributed by atoms with van der Waals surface area (Å²) in [4.78, 5) is 3.73. The number of rotatable bonds is 3. The van der Waals surface area contributed by atoms with E-state index in [4.69, 9.17) is 0 Å². The Kier molecular flexibility index (Phi) is 3.77. The summed E-state index contributed by atoms with van der Waals surface area (Å²) < 4.78 is 3.02. The van der Waals surface area contributed by atoms with Gasteiger partial charge in [0.1, 0.15) is 6.04 Å². The molecule has 0 aliphatic carbocycles. The van der Waals surface area contributed by atoms with Gasteiger partial charge in [0.25, 0.3) is 0 Å². The van der Waals surface area contributed by atoms with E-state index in [0.29, 0.717) is 0 Å². The SMILES string of the molecule is Brc1ccc(CN2CCn3nnnc3C2c2cccs2)cc1. The van der Waals surface area contributed by atoms with Gasteiger partial charge in [0.2, 0.25) is 0 Å². The van der Waals surface area contributed by atoms with Crippen molar-refractivity contribution in [3.05, 3.63) is 62.5 Å². The first-order valence-electron chi connectivity index (χ1n) is 7.09. The Morgan fingerprint density at radius 1 is 1.18 bits per heavy atom. The van der Waals surface area contributed by atoms with Gasteiger partial charge in [-0.3, -0.25) is 4.90 Å². The van der Waals surface area contributed by atoms with Crippen LogP contribution >= 0.6 is 27.3 Å². The number of halogens is 1. The van der Waals surface area contributed by atoms with Crippen LogP contribution in [-0.2, 0) is 13.1 Å². The van der Waals surface area contributed by atoms with Gasteiger partial charge < -0.3 is 0 Å². The molecule has 0 amide bonds. The predicted molar refractivity (Wildman–Crippen MR) is 88.5 cm³/mol. The summed E-state index contributed by atoms with van der Waals surface area (Å²) in [6.07, 6.45) is 0. The third-order valence-corrected chi connectivity index (χ3v) is 5.33. The molecule has 0 radical (unpaired) electrons. The molecule has 0 fully saturated rings. The molecule has 7 heteroatoms. The molecule has 112 valence electrons. The minimum absolute atomic E-state index is 0.132. The van der Waals surface area contributed by atoms with Crippen molar-refractivity contribution in [2.24, 2.45) is 0 Å². The Morgan fingerprint density at radius 3 is 2.82 bits per heavy atom. The fourth-order valence-corrected chi connectivity index (χ4v) is 3.95. The van der Waals surface area contributed by atoms with E-state index in [-0.39, 0.29) is 6.04 Å². The highest BCUT2D eigenvalue weighted by Crippen LogP contribution is 2.33. The molecule has 3 aromatic rings. The summed E-state index contributed by atoms with van der Waals surface area (Å²) in [6, 6.07) is 12.9.